The fourth-order valence-electron chi connectivity index (χ4n) is 2.24. The maximum Gasteiger partial charge on any atom is 0.123 e. The molecule has 0 aliphatic rings. The molecule has 1 aromatic carbocycles. The third-order valence-electron chi connectivity index (χ3n) is 3.34. The van der Waals surface area contributed by atoms with Crippen molar-refractivity contribution < 1.29 is 4.39 Å². The van der Waals surface area contributed by atoms with Crippen LogP contribution in [0.1, 0.15) is 23.0 Å². The van der Waals surface area contributed by atoms with Crippen molar-refractivity contribution in [2.24, 2.45) is 7.05 Å². The Labute approximate surface area is 134 Å². The monoisotopic (exact) mass is 403 g/mol. The topological polar surface area (TPSA) is 29.9 Å². The molecule has 0 aliphatic heterocycles. The zero-order valence-electron chi connectivity index (χ0n) is 11.5. The van der Waals surface area contributed by atoms with Gasteiger partial charge in [-0.05, 0) is 53.7 Å². The molecule has 1 N–H and O–H groups in total. The number of likely N-dealkylation sites (N-methyl/N-ethyl adjacent to an activating group) is 1. The van der Waals surface area contributed by atoms with Crippen molar-refractivity contribution in [3.05, 3.63) is 49.9 Å². The lowest BCUT2D eigenvalue weighted by atomic mass is 10.0. The summed E-state index contributed by atoms with van der Waals surface area (Å²) in [6, 6.07) is 4.75. The van der Waals surface area contributed by atoms with Crippen LogP contribution in [0.3, 0.4) is 0 Å². The summed E-state index contributed by atoms with van der Waals surface area (Å²) in [6.07, 6.45) is 0.719. The summed E-state index contributed by atoms with van der Waals surface area (Å²) in [6.45, 7) is 1.96. The normalized spacial score (nSPS) is 12.7. The first-order chi connectivity index (χ1) is 9.43. The average molecular weight is 405 g/mol. The molecular weight excluding hydrogens is 389 g/mol. The highest BCUT2D eigenvalue weighted by Gasteiger charge is 2.19. The van der Waals surface area contributed by atoms with E-state index >= 15 is 0 Å². The summed E-state index contributed by atoms with van der Waals surface area (Å²) in [4.78, 5) is 0. The average Bonchev–Trinajstić information content (AvgIpc) is 2.65. The van der Waals surface area contributed by atoms with Crippen molar-refractivity contribution in [1.82, 2.24) is 15.1 Å². The minimum atomic E-state index is -0.233. The number of rotatable bonds is 4. The van der Waals surface area contributed by atoms with E-state index in [0.717, 1.165) is 32.3 Å². The van der Waals surface area contributed by atoms with Crippen LogP contribution in [0.4, 0.5) is 4.39 Å². The van der Waals surface area contributed by atoms with Crippen LogP contribution >= 0.6 is 31.9 Å². The van der Waals surface area contributed by atoms with Gasteiger partial charge in [0.15, 0.2) is 0 Å². The molecule has 0 saturated heterocycles. The number of hydrogen-bond donors (Lipinski definition) is 1. The van der Waals surface area contributed by atoms with E-state index in [1.165, 1.54) is 6.07 Å². The highest BCUT2D eigenvalue weighted by molar-refractivity contribution is 9.10. The van der Waals surface area contributed by atoms with Crippen molar-refractivity contribution in [3.63, 3.8) is 0 Å². The van der Waals surface area contributed by atoms with Gasteiger partial charge in [-0.25, -0.2) is 4.39 Å². The number of nitrogens with zero attached hydrogens (tertiary/aromatic N) is 2. The van der Waals surface area contributed by atoms with Crippen LogP contribution in [-0.4, -0.2) is 16.8 Å². The minimum Gasteiger partial charge on any atom is -0.313 e. The molecule has 0 aliphatic carbocycles. The van der Waals surface area contributed by atoms with Gasteiger partial charge in [0, 0.05) is 24.0 Å². The van der Waals surface area contributed by atoms with E-state index in [4.69, 9.17) is 0 Å². The Balaban J connectivity index is 2.36. The molecule has 0 radical (unpaired) electrons. The van der Waals surface area contributed by atoms with Gasteiger partial charge in [-0.3, -0.25) is 4.68 Å². The fraction of sp³-hybridized carbons (Fsp3) is 0.357. The number of aromatic nitrogens is 2. The molecule has 1 heterocycles. The number of benzene rings is 1. The van der Waals surface area contributed by atoms with Crippen molar-refractivity contribution >= 4 is 31.9 Å². The van der Waals surface area contributed by atoms with Gasteiger partial charge in [-0.2, -0.15) is 5.10 Å². The minimum absolute atomic E-state index is 0.00572. The Bertz CT molecular complexity index is 625. The van der Waals surface area contributed by atoms with E-state index in [2.05, 4.69) is 42.3 Å². The molecule has 1 unspecified atom stereocenters. The second-order valence-electron chi connectivity index (χ2n) is 4.68. The van der Waals surface area contributed by atoms with Crippen molar-refractivity contribution in [2.45, 2.75) is 19.4 Å². The molecule has 0 saturated carbocycles. The Hall–Kier alpha value is -0.720. The standard InChI is InChI=1S/C14H16Br2FN3/c1-8-14(16)13(20(3)19-8)7-12(18-2)10-6-9(17)4-5-11(10)15/h4-6,12,18H,7H2,1-3H3. The van der Waals surface area contributed by atoms with Crippen LogP contribution in [0.25, 0.3) is 0 Å². The molecule has 0 fully saturated rings. The molecule has 1 aromatic heterocycles. The fourth-order valence-corrected chi connectivity index (χ4v) is 3.27. The lowest BCUT2D eigenvalue weighted by Crippen LogP contribution is -2.21. The summed E-state index contributed by atoms with van der Waals surface area (Å²) in [5.41, 5.74) is 2.94. The Morgan fingerprint density at radius 1 is 1.40 bits per heavy atom. The zero-order chi connectivity index (χ0) is 14.9. The maximum atomic E-state index is 13.5. The van der Waals surface area contributed by atoms with Crippen molar-refractivity contribution in [2.75, 3.05) is 7.05 Å². The maximum absolute atomic E-state index is 13.5. The van der Waals surface area contributed by atoms with Gasteiger partial charge < -0.3 is 5.32 Å². The molecule has 108 valence electrons. The molecule has 0 bridgehead atoms. The van der Waals surface area contributed by atoms with E-state index in [0.29, 0.717) is 0 Å². The van der Waals surface area contributed by atoms with Crippen LogP contribution in [0.2, 0.25) is 0 Å². The van der Waals surface area contributed by atoms with Gasteiger partial charge in [0.25, 0.3) is 0 Å². The Kier molecular flexibility index (Phi) is 4.99. The predicted molar refractivity (Wildman–Crippen MR) is 85.2 cm³/mol. The number of nitrogens with one attached hydrogen (secondary N) is 1. The van der Waals surface area contributed by atoms with E-state index in [1.807, 2.05) is 25.7 Å². The predicted octanol–water partition coefficient (Wildman–Crippen LogP) is 3.90. The quantitative estimate of drug-likeness (QED) is 0.837. The van der Waals surface area contributed by atoms with E-state index in [1.54, 1.807) is 12.1 Å². The third-order valence-corrected chi connectivity index (χ3v) is 5.09. The summed E-state index contributed by atoms with van der Waals surface area (Å²) in [5, 5.41) is 7.63. The van der Waals surface area contributed by atoms with E-state index in [9.17, 15) is 4.39 Å². The molecular formula is C14H16Br2FN3. The largest absolute Gasteiger partial charge is 0.313 e. The third kappa shape index (κ3) is 3.13. The van der Waals surface area contributed by atoms with Crippen molar-refractivity contribution in [1.29, 1.82) is 0 Å². The first-order valence-electron chi connectivity index (χ1n) is 6.24. The van der Waals surface area contributed by atoms with Gasteiger partial charge in [-0.15, -0.1) is 0 Å². The van der Waals surface area contributed by atoms with E-state index < -0.39 is 0 Å². The lowest BCUT2D eigenvalue weighted by Gasteiger charge is -2.18. The Morgan fingerprint density at radius 3 is 2.65 bits per heavy atom. The highest BCUT2D eigenvalue weighted by Crippen LogP contribution is 2.30. The molecule has 1 atom stereocenters. The van der Waals surface area contributed by atoms with Crippen LogP contribution < -0.4 is 5.32 Å². The first kappa shape index (κ1) is 15.7. The summed E-state index contributed by atoms with van der Waals surface area (Å²) in [7, 11) is 3.79. The molecule has 2 rings (SSSR count). The first-order valence-corrected chi connectivity index (χ1v) is 7.82. The molecule has 2 aromatic rings. The molecule has 0 amide bonds. The van der Waals surface area contributed by atoms with Gasteiger partial charge in [-0.1, -0.05) is 15.9 Å². The number of aryl methyl sites for hydroxylation is 2. The summed E-state index contributed by atoms with van der Waals surface area (Å²) in [5.74, 6) is -0.233. The molecule has 3 nitrogen and oxygen atoms in total. The second kappa shape index (κ2) is 6.37. The van der Waals surface area contributed by atoms with Gasteiger partial charge in [0.1, 0.15) is 5.82 Å². The van der Waals surface area contributed by atoms with Gasteiger partial charge >= 0.3 is 0 Å². The number of halogens is 3. The van der Waals surface area contributed by atoms with Crippen LogP contribution in [0, 0.1) is 12.7 Å². The van der Waals surface area contributed by atoms with Crippen LogP contribution in [-0.2, 0) is 13.5 Å². The summed E-state index contributed by atoms with van der Waals surface area (Å²) < 4.78 is 17.2. The smallest absolute Gasteiger partial charge is 0.123 e. The van der Waals surface area contributed by atoms with Crippen molar-refractivity contribution in [3.8, 4) is 0 Å². The molecule has 6 heteroatoms. The zero-order valence-corrected chi connectivity index (χ0v) is 14.7. The second-order valence-corrected chi connectivity index (χ2v) is 6.33. The number of hydrogen-bond acceptors (Lipinski definition) is 2. The van der Waals surface area contributed by atoms with Gasteiger partial charge in [0.05, 0.1) is 15.9 Å². The highest BCUT2D eigenvalue weighted by atomic mass is 79.9. The van der Waals surface area contributed by atoms with Gasteiger partial charge in [0.2, 0.25) is 0 Å². The molecule has 0 spiro atoms. The van der Waals surface area contributed by atoms with E-state index in [-0.39, 0.29) is 11.9 Å². The SMILES string of the molecule is CNC(Cc1c(Br)c(C)nn1C)c1cc(F)ccc1Br. The van der Waals surface area contributed by atoms with Crippen LogP contribution in [0.15, 0.2) is 27.1 Å². The molecule has 20 heavy (non-hydrogen) atoms. The Morgan fingerprint density at radius 2 is 2.10 bits per heavy atom. The lowest BCUT2D eigenvalue weighted by molar-refractivity contribution is 0.550. The van der Waals surface area contributed by atoms with Crippen LogP contribution in [0.5, 0.6) is 0 Å². The summed E-state index contributed by atoms with van der Waals surface area (Å²) >= 11 is 7.05.